The van der Waals surface area contributed by atoms with Gasteiger partial charge in [0.05, 0.1) is 30.7 Å². The SMILES string of the molecule is COc1c(C)ccc(NC(=O)Nc2cnn(C3CCOCC3)c2C)c1C. The van der Waals surface area contributed by atoms with E-state index in [1.807, 2.05) is 37.6 Å². The Labute approximate surface area is 153 Å². The molecule has 140 valence electrons. The number of amides is 2. The first-order chi connectivity index (χ1) is 12.5. The minimum Gasteiger partial charge on any atom is -0.496 e. The maximum Gasteiger partial charge on any atom is 0.323 e. The second-order valence-corrected chi connectivity index (χ2v) is 6.60. The van der Waals surface area contributed by atoms with Crippen LogP contribution >= 0.6 is 0 Å². The standard InChI is InChI=1S/C19H26N4O3/c1-12-5-6-16(13(2)18(12)25-4)21-19(24)22-17-11-20-23(14(17)3)15-7-9-26-10-8-15/h5-6,11,15H,7-10H2,1-4H3,(H2,21,22,24). The molecule has 2 N–H and O–H groups in total. The molecule has 1 fully saturated rings. The molecular formula is C19H26N4O3. The van der Waals surface area contributed by atoms with Crippen LogP contribution in [0, 0.1) is 20.8 Å². The lowest BCUT2D eigenvalue weighted by molar-refractivity contribution is 0.0657. The molecule has 7 nitrogen and oxygen atoms in total. The quantitative estimate of drug-likeness (QED) is 0.871. The number of nitrogens with zero attached hydrogens (tertiary/aromatic N) is 2. The minimum atomic E-state index is -0.298. The Balaban J connectivity index is 1.70. The van der Waals surface area contributed by atoms with Gasteiger partial charge in [-0.2, -0.15) is 5.10 Å². The summed E-state index contributed by atoms with van der Waals surface area (Å²) in [7, 11) is 1.63. The number of hydrogen-bond acceptors (Lipinski definition) is 4. The Hall–Kier alpha value is -2.54. The van der Waals surface area contributed by atoms with Crippen LogP contribution in [-0.2, 0) is 4.74 Å². The average Bonchev–Trinajstić information content (AvgIpc) is 2.99. The summed E-state index contributed by atoms with van der Waals surface area (Å²) < 4.78 is 12.8. The van der Waals surface area contributed by atoms with Gasteiger partial charge in [-0.05, 0) is 45.2 Å². The molecule has 2 aromatic rings. The number of aryl methyl sites for hydroxylation is 1. The van der Waals surface area contributed by atoms with Gasteiger partial charge in [0, 0.05) is 24.5 Å². The summed E-state index contributed by atoms with van der Waals surface area (Å²) in [6, 6.07) is 3.83. The van der Waals surface area contributed by atoms with Gasteiger partial charge < -0.3 is 20.1 Å². The smallest absolute Gasteiger partial charge is 0.323 e. The van der Waals surface area contributed by atoms with Crippen molar-refractivity contribution in [2.75, 3.05) is 31.0 Å². The molecule has 1 saturated heterocycles. The van der Waals surface area contributed by atoms with Crippen molar-refractivity contribution >= 4 is 17.4 Å². The predicted molar refractivity (Wildman–Crippen MR) is 101 cm³/mol. The van der Waals surface area contributed by atoms with E-state index >= 15 is 0 Å². The molecule has 0 spiro atoms. The molecule has 1 aromatic carbocycles. The van der Waals surface area contributed by atoms with Crippen LogP contribution in [0.1, 0.15) is 35.7 Å². The van der Waals surface area contributed by atoms with Gasteiger partial charge >= 0.3 is 6.03 Å². The van der Waals surface area contributed by atoms with Gasteiger partial charge in [0.2, 0.25) is 0 Å². The van der Waals surface area contributed by atoms with E-state index in [0.29, 0.717) is 11.7 Å². The van der Waals surface area contributed by atoms with Crippen molar-refractivity contribution in [2.45, 2.75) is 39.7 Å². The molecule has 2 amide bonds. The van der Waals surface area contributed by atoms with Gasteiger partial charge in [-0.25, -0.2) is 4.79 Å². The molecule has 3 rings (SSSR count). The molecule has 1 aliphatic rings. The molecule has 0 radical (unpaired) electrons. The van der Waals surface area contributed by atoms with E-state index in [9.17, 15) is 4.79 Å². The van der Waals surface area contributed by atoms with Crippen LogP contribution in [-0.4, -0.2) is 36.1 Å². The van der Waals surface area contributed by atoms with E-state index in [2.05, 4.69) is 15.7 Å². The number of anilines is 2. The fourth-order valence-corrected chi connectivity index (χ4v) is 3.40. The van der Waals surface area contributed by atoms with E-state index in [-0.39, 0.29) is 6.03 Å². The van der Waals surface area contributed by atoms with Crippen LogP contribution in [0.15, 0.2) is 18.3 Å². The van der Waals surface area contributed by atoms with Crippen molar-refractivity contribution in [3.8, 4) is 5.75 Å². The van der Waals surface area contributed by atoms with E-state index in [1.54, 1.807) is 13.3 Å². The average molecular weight is 358 g/mol. The summed E-state index contributed by atoms with van der Waals surface area (Å²) in [5.74, 6) is 0.784. The van der Waals surface area contributed by atoms with E-state index in [0.717, 1.165) is 54.3 Å². The first kappa shape index (κ1) is 18.3. The largest absolute Gasteiger partial charge is 0.496 e. The first-order valence-corrected chi connectivity index (χ1v) is 8.85. The lowest BCUT2D eigenvalue weighted by Gasteiger charge is -2.23. The van der Waals surface area contributed by atoms with Crippen LogP contribution in [0.2, 0.25) is 0 Å². The van der Waals surface area contributed by atoms with Gasteiger partial charge in [0.25, 0.3) is 0 Å². The van der Waals surface area contributed by atoms with Gasteiger partial charge in [0.1, 0.15) is 5.75 Å². The molecule has 0 unspecified atom stereocenters. The van der Waals surface area contributed by atoms with Crippen molar-refractivity contribution in [2.24, 2.45) is 0 Å². The van der Waals surface area contributed by atoms with Crippen molar-refractivity contribution < 1.29 is 14.3 Å². The number of rotatable bonds is 4. The first-order valence-electron chi connectivity index (χ1n) is 8.85. The van der Waals surface area contributed by atoms with Gasteiger partial charge in [-0.1, -0.05) is 6.07 Å². The lowest BCUT2D eigenvalue weighted by Crippen LogP contribution is -2.22. The zero-order chi connectivity index (χ0) is 18.7. The minimum absolute atomic E-state index is 0.298. The molecule has 2 heterocycles. The van der Waals surface area contributed by atoms with E-state index in [4.69, 9.17) is 9.47 Å². The van der Waals surface area contributed by atoms with Gasteiger partial charge in [-0.3, -0.25) is 4.68 Å². The highest BCUT2D eigenvalue weighted by atomic mass is 16.5. The van der Waals surface area contributed by atoms with Crippen LogP contribution in [0.25, 0.3) is 0 Å². The van der Waals surface area contributed by atoms with Crippen LogP contribution in [0.3, 0.4) is 0 Å². The number of urea groups is 1. The Kier molecular flexibility index (Phi) is 5.46. The third-order valence-electron chi connectivity index (χ3n) is 4.88. The molecule has 0 atom stereocenters. The number of aromatic nitrogens is 2. The number of ether oxygens (including phenoxy) is 2. The fraction of sp³-hybridized carbons (Fsp3) is 0.474. The zero-order valence-electron chi connectivity index (χ0n) is 15.8. The Bertz CT molecular complexity index is 794. The fourth-order valence-electron chi connectivity index (χ4n) is 3.40. The Morgan fingerprint density at radius 1 is 1.19 bits per heavy atom. The Morgan fingerprint density at radius 3 is 2.58 bits per heavy atom. The maximum absolute atomic E-state index is 12.4. The van der Waals surface area contributed by atoms with Crippen molar-refractivity contribution in [3.63, 3.8) is 0 Å². The number of carbonyl (C=O) groups is 1. The summed E-state index contributed by atoms with van der Waals surface area (Å²) in [5, 5.41) is 10.2. The highest BCUT2D eigenvalue weighted by Crippen LogP contribution is 2.29. The third kappa shape index (κ3) is 3.67. The Morgan fingerprint density at radius 2 is 1.88 bits per heavy atom. The zero-order valence-corrected chi connectivity index (χ0v) is 15.8. The van der Waals surface area contributed by atoms with Crippen molar-refractivity contribution in [1.82, 2.24) is 9.78 Å². The van der Waals surface area contributed by atoms with Crippen molar-refractivity contribution in [1.29, 1.82) is 0 Å². The second-order valence-electron chi connectivity index (χ2n) is 6.60. The summed E-state index contributed by atoms with van der Waals surface area (Å²) in [6.07, 6.45) is 3.58. The number of carbonyl (C=O) groups excluding carboxylic acids is 1. The maximum atomic E-state index is 12.4. The van der Waals surface area contributed by atoms with Crippen LogP contribution < -0.4 is 15.4 Å². The number of nitrogens with one attached hydrogen (secondary N) is 2. The van der Waals surface area contributed by atoms with E-state index < -0.39 is 0 Å². The predicted octanol–water partition coefficient (Wildman–Crippen LogP) is 3.81. The molecule has 1 aromatic heterocycles. The molecule has 1 aliphatic heterocycles. The normalized spacial score (nSPS) is 14.9. The molecular weight excluding hydrogens is 332 g/mol. The molecule has 26 heavy (non-hydrogen) atoms. The van der Waals surface area contributed by atoms with Crippen LogP contribution in [0.4, 0.5) is 16.2 Å². The van der Waals surface area contributed by atoms with Crippen molar-refractivity contribution in [3.05, 3.63) is 35.2 Å². The molecule has 0 aliphatic carbocycles. The number of benzene rings is 1. The molecule has 7 heteroatoms. The molecule has 0 bridgehead atoms. The molecule has 0 saturated carbocycles. The summed E-state index contributed by atoms with van der Waals surface area (Å²) >= 11 is 0. The third-order valence-corrected chi connectivity index (χ3v) is 4.88. The summed E-state index contributed by atoms with van der Waals surface area (Å²) in [5.41, 5.74) is 4.32. The number of hydrogen-bond donors (Lipinski definition) is 2. The van der Waals surface area contributed by atoms with E-state index in [1.165, 1.54) is 0 Å². The second kappa shape index (κ2) is 7.78. The summed E-state index contributed by atoms with van der Waals surface area (Å²) in [6.45, 7) is 7.38. The van der Waals surface area contributed by atoms with Gasteiger partial charge in [-0.15, -0.1) is 0 Å². The lowest BCUT2D eigenvalue weighted by atomic mass is 10.1. The number of methoxy groups -OCH3 is 1. The highest BCUT2D eigenvalue weighted by molar-refractivity contribution is 6.00. The highest BCUT2D eigenvalue weighted by Gasteiger charge is 2.20. The van der Waals surface area contributed by atoms with Crippen LogP contribution in [0.5, 0.6) is 5.75 Å². The van der Waals surface area contributed by atoms with Gasteiger partial charge in [0.15, 0.2) is 0 Å². The monoisotopic (exact) mass is 358 g/mol. The topological polar surface area (TPSA) is 77.4 Å². The summed E-state index contributed by atoms with van der Waals surface area (Å²) in [4.78, 5) is 12.4.